The summed E-state index contributed by atoms with van der Waals surface area (Å²) >= 11 is 1.05. The van der Waals surface area contributed by atoms with Crippen molar-refractivity contribution in [1.29, 1.82) is 0 Å². The smallest absolute Gasteiger partial charge is 0.286 e. The van der Waals surface area contributed by atoms with Crippen LogP contribution in [0, 0.1) is 5.82 Å². The molecule has 1 atom stereocenters. The number of carbonyl (C=O) groups excluding carboxylic acids is 2. The molecule has 0 bridgehead atoms. The van der Waals surface area contributed by atoms with Crippen molar-refractivity contribution in [3.63, 3.8) is 0 Å². The van der Waals surface area contributed by atoms with Gasteiger partial charge >= 0.3 is 0 Å². The molecule has 0 saturated carbocycles. The number of anilines is 1. The van der Waals surface area contributed by atoms with Crippen LogP contribution in [0.3, 0.4) is 0 Å². The molecule has 9 nitrogen and oxygen atoms in total. The van der Waals surface area contributed by atoms with Crippen LogP contribution >= 0.6 is 11.3 Å². The van der Waals surface area contributed by atoms with E-state index in [1.54, 1.807) is 0 Å². The van der Waals surface area contributed by atoms with Crippen molar-refractivity contribution in [1.82, 2.24) is 15.5 Å². The highest BCUT2D eigenvalue weighted by Gasteiger charge is 2.17. The second-order valence-corrected chi connectivity index (χ2v) is 8.21. The normalized spacial score (nSPS) is 13.3. The number of nitrogens with zero attached hydrogens (tertiary/aromatic N) is 2. The van der Waals surface area contributed by atoms with Crippen molar-refractivity contribution >= 4 is 28.8 Å². The van der Waals surface area contributed by atoms with Crippen LogP contribution in [0.15, 0.2) is 42.5 Å². The number of amides is 2. The lowest BCUT2D eigenvalue weighted by atomic mass is 10.1. The fourth-order valence-electron chi connectivity index (χ4n) is 3.05. The second-order valence-electron chi connectivity index (χ2n) is 7.15. The van der Waals surface area contributed by atoms with Crippen molar-refractivity contribution in [3.05, 3.63) is 63.9 Å². The molecule has 0 unspecified atom stereocenters. The summed E-state index contributed by atoms with van der Waals surface area (Å²) in [6, 6.07) is 10.7. The third kappa shape index (κ3) is 6.02. The molecule has 3 aromatic rings. The number of aromatic nitrogens is 2. The van der Waals surface area contributed by atoms with E-state index < -0.39 is 11.7 Å². The minimum atomic E-state index is -0.462. The van der Waals surface area contributed by atoms with E-state index in [9.17, 15) is 14.0 Å². The van der Waals surface area contributed by atoms with Gasteiger partial charge < -0.3 is 24.8 Å². The van der Waals surface area contributed by atoms with Gasteiger partial charge in [-0.25, -0.2) is 4.39 Å². The number of ether oxygens (including phenoxy) is 3. The monoisotopic (exact) mass is 472 g/mol. The number of fused-ring (bicyclic) bond motifs is 1. The lowest BCUT2D eigenvalue weighted by molar-refractivity contribution is -0.126. The Morgan fingerprint density at radius 1 is 1.12 bits per heavy atom. The van der Waals surface area contributed by atoms with Crippen LogP contribution in [0.2, 0.25) is 0 Å². The number of benzene rings is 2. The molecule has 2 N–H and O–H groups in total. The molecule has 2 amide bonds. The average Bonchev–Trinajstić information content (AvgIpc) is 3.29. The van der Waals surface area contributed by atoms with Crippen LogP contribution < -0.4 is 20.1 Å². The van der Waals surface area contributed by atoms with Gasteiger partial charge in [-0.1, -0.05) is 17.4 Å². The molecular formula is C22H21FN4O5S. The molecule has 0 aliphatic carbocycles. The molecule has 11 heteroatoms. The summed E-state index contributed by atoms with van der Waals surface area (Å²) in [5, 5.41) is 13.8. The first-order valence-electron chi connectivity index (χ1n) is 10.1. The maximum Gasteiger partial charge on any atom is 0.286 e. The summed E-state index contributed by atoms with van der Waals surface area (Å²) in [4.78, 5) is 24.5. The third-order valence-corrected chi connectivity index (χ3v) is 5.56. The highest BCUT2D eigenvalue weighted by Crippen LogP contribution is 2.32. The maximum absolute atomic E-state index is 13.0. The Bertz CT molecular complexity index is 1140. The van der Waals surface area contributed by atoms with E-state index in [0.29, 0.717) is 35.4 Å². The number of carbonyl (C=O) groups is 2. The third-order valence-electron chi connectivity index (χ3n) is 4.67. The van der Waals surface area contributed by atoms with E-state index >= 15 is 0 Å². The number of hydrogen-bond donors (Lipinski definition) is 2. The van der Waals surface area contributed by atoms with Gasteiger partial charge in [-0.15, -0.1) is 10.2 Å². The lowest BCUT2D eigenvalue weighted by Crippen LogP contribution is -2.30. The highest BCUT2D eigenvalue weighted by molar-refractivity contribution is 7.13. The molecule has 1 aliphatic rings. The van der Waals surface area contributed by atoms with Gasteiger partial charge in [-0.05, 0) is 48.9 Å². The molecule has 172 valence electrons. The minimum Gasteiger partial charge on any atom is -0.486 e. The van der Waals surface area contributed by atoms with Gasteiger partial charge in [0.15, 0.2) is 11.5 Å². The van der Waals surface area contributed by atoms with Crippen molar-refractivity contribution in [2.75, 3.05) is 25.1 Å². The van der Waals surface area contributed by atoms with E-state index in [4.69, 9.17) is 14.2 Å². The highest BCUT2D eigenvalue weighted by atomic mass is 32.1. The molecular weight excluding hydrogens is 451 g/mol. The minimum absolute atomic E-state index is 0.0350. The summed E-state index contributed by atoms with van der Waals surface area (Å²) < 4.78 is 29.4. The van der Waals surface area contributed by atoms with E-state index in [1.165, 1.54) is 24.3 Å². The largest absolute Gasteiger partial charge is 0.486 e. The number of rotatable bonds is 8. The first-order chi connectivity index (χ1) is 16.0. The predicted octanol–water partition coefficient (Wildman–Crippen LogP) is 3.09. The topological polar surface area (TPSA) is 112 Å². The fraction of sp³-hybridized carbons (Fsp3) is 0.273. The standard InChI is InChI=1S/C22H21FN4O5S/c1-13(14-2-7-17-18(10-14)32-9-8-31-17)24-19(28)11-30-12-20-26-27-22(33-20)21(29)25-16-5-3-15(23)4-6-16/h2-7,10,13H,8-9,11-12H2,1H3,(H,24,28)(H,25,29)/t13-/m0/s1. The van der Waals surface area contributed by atoms with Crippen molar-refractivity contribution in [2.24, 2.45) is 0 Å². The zero-order valence-electron chi connectivity index (χ0n) is 17.7. The summed E-state index contributed by atoms with van der Waals surface area (Å²) in [5.74, 6) is 0.196. The second kappa shape index (κ2) is 10.4. The van der Waals surface area contributed by atoms with E-state index in [-0.39, 0.29) is 30.2 Å². The van der Waals surface area contributed by atoms with Gasteiger partial charge in [0.2, 0.25) is 10.9 Å². The van der Waals surface area contributed by atoms with E-state index in [2.05, 4.69) is 20.8 Å². The molecule has 33 heavy (non-hydrogen) atoms. The number of nitrogens with one attached hydrogen (secondary N) is 2. The predicted molar refractivity (Wildman–Crippen MR) is 118 cm³/mol. The van der Waals surface area contributed by atoms with Crippen molar-refractivity contribution in [3.8, 4) is 11.5 Å². The summed E-state index contributed by atoms with van der Waals surface area (Å²) in [7, 11) is 0. The molecule has 0 radical (unpaired) electrons. The molecule has 0 spiro atoms. The van der Waals surface area contributed by atoms with Crippen LogP contribution in [0.25, 0.3) is 0 Å². The Morgan fingerprint density at radius 3 is 2.67 bits per heavy atom. The van der Waals surface area contributed by atoms with Crippen molar-refractivity contribution in [2.45, 2.75) is 19.6 Å². The Kier molecular flexibility index (Phi) is 7.10. The molecule has 0 fully saturated rings. The maximum atomic E-state index is 13.0. The van der Waals surface area contributed by atoms with Gasteiger partial charge in [-0.2, -0.15) is 0 Å². The summed E-state index contributed by atoms with van der Waals surface area (Å²) in [6.07, 6.45) is 0. The SMILES string of the molecule is C[C@H](NC(=O)COCc1nnc(C(=O)Nc2ccc(F)cc2)s1)c1ccc2c(c1)OCCO2. The van der Waals surface area contributed by atoms with Gasteiger partial charge in [0.05, 0.1) is 6.04 Å². The molecule has 0 saturated heterocycles. The van der Waals surface area contributed by atoms with Crippen LogP contribution in [0.1, 0.15) is 33.3 Å². The van der Waals surface area contributed by atoms with Crippen molar-refractivity contribution < 1.29 is 28.2 Å². The number of hydrogen-bond acceptors (Lipinski definition) is 8. The van der Waals surface area contributed by atoms with Gasteiger partial charge in [0.1, 0.15) is 37.3 Å². The summed E-state index contributed by atoms with van der Waals surface area (Å²) in [5.41, 5.74) is 1.33. The zero-order valence-corrected chi connectivity index (χ0v) is 18.5. The molecule has 1 aromatic heterocycles. The summed E-state index contributed by atoms with van der Waals surface area (Å²) in [6.45, 7) is 2.73. The van der Waals surface area contributed by atoms with Gasteiger partial charge in [0, 0.05) is 5.69 Å². The van der Waals surface area contributed by atoms with E-state index in [1.807, 2.05) is 25.1 Å². The lowest BCUT2D eigenvalue weighted by Gasteiger charge is -2.21. The van der Waals surface area contributed by atoms with Crippen LogP contribution in [0.5, 0.6) is 11.5 Å². The molecule has 1 aliphatic heterocycles. The first kappa shape index (κ1) is 22.6. The quantitative estimate of drug-likeness (QED) is 0.518. The number of halogens is 1. The fourth-order valence-corrected chi connectivity index (χ4v) is 3.72. The van der Waals surface area contributed by atoms with Crippen LogP contribution in [0.4, 0.5) is 10.1 Å². The molecule has 4 rings (SSSR count). The molecule has 2 aromatic carbocycles. The van der Waals surface area contributed by atoms with Gasteiger partial charge in [-0.3, -0.25) is 9.59 Å². The average molecular weight is 472 g/mol. The van der Waals surface area contributed by atoms with Crippen LogP contribution in [-0.2, 0) is 16.1 Å². The molecule has 2 heterocycles. The Hall–Kier alpha value is -3.57. The Balaban J connectivity index is 1.22. The Morgan fingerprint density at radius 2 is 1.88 bits per heavy atom. The van der Waals surface area contributed by atoms with Gasteiger partial charge in [0.25, 0.3) is 5.91 Å². The van der Waals surface area contributed by atoms with Crippen LogP contribution in [-0.4, -0.2) is 41.8 Å². The zero-order chi connectivity index (χ0) is 23.2. The van der Waals surface area contributed by atoms with E-state index in [0.717, 1.165) is 16.9 Å². The Labute approximate surface area is 192 Å². The first-order valence-corrected chi connectivity index (χ1v) is 11.0.